The summed E-state index contributed by atoms with van der Waals surface area (Å²) in [6, 6.07) is 6.52. The van der Waals surface area contributed by atoms with Gasteiger partial charge in [0.15, 0.2) is 0 Å². The Kier molecular flexibility index (Phi) is 4.01. The van der Waals surface area contributed by atoms with Gasteiger partial charge in [0.1, 0.15) is 12.2 Å². The van der Waals surface area contributed by atoms with Crippen molar-refractivity contribution in [2.45, 2.75) is 33.4 Å². The first-order valence-electron chi connectivity index (χ1n) is 5.96. The van der Waals surface area contributed by atoms with Gasteiger partial charge >= 0.3 is 0 Å². The average Bonchev–Trinajstić information content (AvgIpc) is 2.79. The summed E-state index contributed by atoms with van der Waals surface area (Å²) >= 11 is 3.48. The highest BCUT2D eigenvalue weighted by Gasteiger charge is 2.07. The molecule has 0 atom stereocenters. The molecule has 0 spiro atoms. The monoisotopic (exact) mass is 308 g/mol. The van der Waals surface area contributed by atoms with Gasteiger partial charge < -0.3 is 5.32 Å². The number of benzene rings is 1. The summed E-state index contributed by atoms with van der Waals surface area (Å²) in [4.78, 5) is 4.28. The van der Waals surface area contributed by atoms with Crippen LogP contribution in [0.4, 0.5) is 5.69 Å². The minimum absolute atomic E-state index is 0.327. The number of hydrogen-bond acceptors (Lipinski definition) is 3. The van der Waals surface area contributed by atoms with Crippen molar-refractivity contribution in [3.05, 3.63) is 40.4 Å². The normalized spacial score (nSPS) is 10.9. The van der Waals surface area contributed by atoms with E-state index in [9.17, 15) is 0 Å². The fraction of sp³-hybridized carbons (Fsp3) is 0.385. The fourth-order valence-corrected chi connectivity index (χ4v) is 2.15. The van der Waals surface area contributed by atoms with E-state index in [1.54, 1.807) is 6.33 Å². The van der Waals surface area contributed by atoms with E-state index in [1.807, 2.05) is 10.7 Å². The number of aryl methyl sites for hydroxylation is 1. The van der Waals surface area contributed by atoms with E-state index >= 15 is 0 Å². The van der Waals surface area contributed by atoms with Gasteiger partial charge in [-0.05, 0) is 38.5 Å². The zero-order valence-electron chi connectivity index (χ0n) is 10.8. The summed E-state index contributed by atoms with van der Waals surface area (Å²) in [6.07, 6.45) is 1.60. The minimum Gasteiger partial charge on any atom is -0.378 e. The molecule has 0 aliphatic heterocycles. The molecule has 0 radical (unpaired) electrons. The average molecular weight is 309 g/mol. The molecule has 1 N–H and O–H groups in total. The number of nitrogens with one attached hydrogen (secondary N) is 1. The van der Waals surface area contributed by atoms with Crippen LogP contribution in [0.2, 0.25) is 0 Å². The molecule has 18 heavy (non-hydrogen) atoms. The molecule has 1 aromatic heterocycles. The molecule has 96 valence electrons. The molecule has 0 unspecified atom stereocenters. The van der Waals surface area contributed by atoms with Crippen molar-refractivity contribution in [3.63, 3.8) is 0 Å². The maximum atomic E-state index is 4.28. The van der Waals surface area contributed by atoms with Gasteiger partial charge in [-0.15, -0.1) is 0 Å². The molecule has 1 heterocycles. The van der Waals surface area contributed by atoms with E-state index in [4.69, 9.17) is 0 Å². The smallest absolute Gasteiger partial charge is 0.146 e. The summed E-state index contributed by atoms with van der Waals surface area (Å²) in [5.74, 6) is 0.948. The fourth-order valence-electron chi connectivity index (χ4n) is 1.79. The molecule has 0 fully saturated rings. The van der Waals surface area contributed by atoms with Gasteiger partial charge in [-0.1, -0.05) is 22.0 Å². The Morgan fingerprint density at radius 2 is 2.17 bits per heavy atom. The largest absolute Gasteiger partial charge is 0.378 e. The molecule has 0 aliphatic rings. The molecule has 0 aliphatic carbocycles. The Hall–Kier alpha value is -1.36. The van der Waals surface area contributed by atoms with Crippen molar-refractivity contribution in [2.75, 3.05) is 5.32 Å². The summed E-state index contributed by atoms with van der Waals surface area (Å²) < 4.78 is 3.00. The van der Waals surface area contributed by atoms with Crippen LogP contribution in [-0.2, 0) is 6.54 Å². The van der Waals surface area contributed by atoms with Crippen molar-refractivity contribution in [2.24, 2.45) is 0 Å². The number of rotatable bonds is 4. The van der Waals surface area contributed by atoms with Crippen molar-refractivity contribution in [1.82, 2.24) is 14.8 Å². The molecule has 0 amide bonds. The molecule has 2 rings (SSSR count). The molecular formula is C13H17BrN4. The number of hydrogen-bond donors (Lipinski definition) is 1. The summed E-state index contributed by atoms with van der Waals surface area (Å²) in [5.41, 5.74) is 2.33. The summed E-state index contributed by atoms with van der Waals surface area (Å²) in [7, 11) is 0. The standard InChI is InChI=1S/C13H17BrN4/c1-9(2)18-13(16-8-17-18)7-15-12-6-11(14)5-4-10(12)3/h4-6,8-9,15H,7H2,1-3H3. The highest BCUT2D eigenvalue weighted by atomic mass is 79.9. The Labute approximate surface area is 116 Å². The van der Waals surface area contributed by atoms with Crippen LogP contribution in [0.15, 0.2) is 29.0 Å². The van der Waals surface area contributed by atoms with Gasteiger partial charge in [0.05, 0.1) is 6.54 Å². The highest BCUT2D eigenvalue weighted by molar-refractivity contribution is 9.10. The van der Waals surface area contributed by atoms with Gasteiger partial charge in [-0.3, -0.25) is 0 Å². The second-order valence-electron chi connectivity index (χ2n) is 4.53. The van der Waals surface area contributed by atoms with E-state index in [0.717, 1.165) is 16.0 Å². The van der Waals surface area contributed by atoms with Crippen LogP contribution in [-0.4, -0.2) is 14.8 Å². The van der Waals surface area contributed by atoms with Gasteiger partial charge in [0.25, 0.3) is 0 Å². The van der Waals surface area contributed by atoms with E-state index in [0.29, 0.717) is 12.6 Å². The van der Waals surface area contributed by atoms with Crippen LogP contribution in [0, 0.1) is 6.92 Å². The third-order valence-corrected chi connectivity index (χ3v) is 3.27. The maximum Gasteiger partial charge on any atom is 0.146 e. The van der Waals surface area contributed by atoms with E-state index in [-0.39, 0.29) is 0 Å². The maximum absolute atomic E-state index is 4.28. The Balaban J connectivity index is 2.11. The SMILES string of the molecule is Cc1ccc(Br)cc1NCc1ncnn1C(C)C. The minimum atomic E-state index is 0.327. The molecule has 5 heteroatoms. The third-order valence-electron chi connectivity index (χ3n) is 2.77. The summed E-state index contributed by atoms with van der Waals surface area (Å²) in [6.45, 7) is 6.96. The lowest BCUT2D eigenvalue weighted by Crippen LogP contribution is -2.12. The lowest BCUT2D eigenvalue weighted by atomic mass is 10.2. The Morgan fingerprint density at radius 1 is 1.39 bits per heavy atom. The van der Waals surface area contributed by atoms with E-state index < -0.39 is 0 Å². The summed E-state index contributed by atoms with van der Waals surface area (Å²) in [5, 5.41) is 7.62. The van der Waals surface area contributed by atoms with Gasteiger partial charge in [0, 0.05) is 16.2 Å². The quantitative estimate of drug-likeness (QED) is 0.939. The zero-order valence-corrected chi connectivity index (χ0v) is 12.4. The molecule has 2 aromatic rings. The Morgan fingerprint density at radius 3 is 2.89 bits per heavy atom. The first-order chi connectivity index (χ1) is 8.58. The molecule has 1 aromatic carbocycles. The predicted molar refractivity (Wildman–Crippen MR) is 76.6 cm³/mol. The number of nitrogens with zero attached hydrogens (tertiary/aromatic N) is 3. The predicted octanol–water partition coefficient (Wildman–Crippen LogP) is 3.54. The van der Waals surface area contributed by atoms with E-state index in [2.05, 4.69) is 64.2 Å². The van der Waals surface area contributed by atoms with Crippen molar-refractivity contribution >= 4 is 21.6 Å². The van der Waals surface area contributed by atoms with Crippen LogP contribution in [0.1, 0.15) is 31.3 Å². The first-order valence-corrected chi connectivity index (χ1v) is 6.75. The first kappa shape index (κ1) is 13.1. The van der Waals surface area contributed by atoms with Crippen molar-refractivity contribution < 1.29 is 0 Å². The van der Waals surface area contributed by atoms with Crippen molar-refractivity contribution in [3.8, 4) is 0 Å². The van der Waals surface area contributed by atoms with Crippen LogP contribution in [0.5, 0.6) is 0 Å². The second-order valence-corrected chi connectivity index (χ2v) is 5.44. The Bertz CT molecular complexity index is 534. The molecule has 0 saturated carbocycles. The van der Waals surface area contributed by atoms with E-state index in [1.165, 1.54) is 5.56 Å². The van der Waals surface area contributed by atoms with Crippen molar-refractivity contribution in [1.29, 1.82) is 0 Å². The number of halogens is 1. The molecule has 0 bridgehead atoms. The van der Waals surface area contributed by atoms with Crippen LogP contribution >= 0.6 is 15.9 Å². The highest BCUT2D eigenvalue weighted by Crippen LogP contribution is 2.21. The molecule has 4 nitrogen and oxygen atoms in total. The molecular weight excluding hydrogens is 292 g/mol. The molecule has 0 saturated heterocycles. The van der Waals surface area contributed by atoms with Gasteiger partial charge in [0.2, 0.25) is 0 Å². The number of aromatic nitrogens is 3. The second kappa shape index (κ2) is 5.52. The lowest BCUT2D eigenvalue weighted by molar-refractivity contribution is 0.509. The van der Waals surface area contributed by atoms with Crippen LogP contribution in [0.3, 0.4) is 0 Å². The zero-order chi connectivity index (χ0) is 13.1. The van der Waals surface area contributed by atoms with Crippen LogP contribution < -0.4 is 5.32 Å². The lowest BCUT2D eigenvalue weighted by Gasteiger charge is -2.12. The van der Waals surface area contributed by atoms with Gasteiger partial charge in [-0.25, -0.2) is 9.67 Å². The topological polar surface area (TPSA) is 42.7 Å². The third kappa shape index (κ3) is 2.90. The van der Waals surface area contributed by atoms with Gasteiger partial charge in [-0.2, -0.15) is 5.10 Å². The van der Waals surface area contributed by atoms with Crippen LogP contribution in [0.25, 0.3) is 0 Å². The number of anilines is 1.